The molecule has 0 fully saturated rings. The molecule has 0 unspecified atom stereocenters. The van der Waals surface area contributed by atoms with Crippen molar-refractivity contribution in [3.63, 3.8) is 0 Å². The van der Waals surface area contributed by atoms with E-state index in [-0.39, 0.29) is 49.1 Å². The maximum absolute atomic E-state index is 11.8. The van der Waals surface area contributed by atoms with Crippen LogP contribution in [0.15, 0.2) is 48.5 Å². The maximum Gasteiger partial charge on any atom is 0.269 e. The first-order valence-corrected chi connectivity index (χ1v) is 8.35. The van der Waals surface area contributed by atoms with Crippen molar-refractivity contribution in [3.05, 3.63) is 79.9 Å². The van der Waals surface area contributed by atoms with E-state index in [4.69, 9.17) is 0 Å². The summed E-state index contributed by atoms with van der Waals surface area (Å²) in [5, 5.41) is 26.5. The second kappa shape index (κ2) is 9.76. The van der Waals surface area contributed by atoms with Gasteiger partial charge in [-0.15, -0.1) is 0 Å². The Labute approximate surface area is 159 Å². The van der Waals surface area contributed by atoms with Gasteiger partial charge in [0.25, 0.3) is 11.4 Å². The number of nitro groups is 2. The van der Waals surface area contributed by atoms with Crippen LogP contribution in [0.1, 0.15) is 11.1 Å². The van der Waals surface area contributed by atoms with Crippen molar-refractivity contribution in [2.75, 3.05) is 13.1 Å². The molecule has 10 nitrogen and oxygen atoms in total. The molecule has 2 N–H and O–H groups in total. The van der Waals surface area contributed by atoms with Crippen molar-refractivity contribution in [1.29, 1.82) is 0 Å². The van der Waals surface area contributed by atoms with Gasteiger partial charge in [0.05, 0.1) is 22.7 Å². The molecule has 0 heterocycles. The lowest BCUT2D eigenvalue weighted by Crippen LogP contribution is -2.35. The van der Waals surface area contributed by atoms with Gasteiger partial charge in [0.15, 0.2) is 0 Å². The lowest BCUT2D eigenvalue weighted by molar-refractivity contribution is -0.385. The summed E-state index contributed by atoms with van der Waals surface area (Å²) >= 11 is 0. The summed E-state index contributed by atoms with van der Waals surface area (Å²) in [6.07, 6.45) is 0.156. The number of nitro benzene ring substituents is 2. The fraction of sp³-hybridized carbons (Fsp3) is 0.222. The molecule has 0 atom stereocenters. The Bertz CT molecular complexity index is 791. The first-order valence-electron chi connectivity index (χ1n) is 8.35. The minimum absolute atomic E-state index is 0.0418. The lowest BCUT2D eigenvalue weighted by atomic mass is 10.1. The SMILES string of the molecule is O=C(Cc1ccc([N+](=O)[O-])cc1)NCCNC(=O)Cc1ccc([N+](=O)[O-])cc1. The van der Waals surface area contributed by atoms with E-state index in [1.54, 1.807) is 0 Å². The van der Waals surface area contributed by atoms with Gasteiger partial charge >= 0.3 is 0 Å². The van der Waals surface area contributed by atoms with Gasteiger partial charge in [-0.2, -0.15) is 0 Å². The highest BCUT2D eigenvalue weighted by molar-refractivity contribution is 5.79. The van der Waals surface area contributed by atoms with Gasteiger partial charge in [0.2, 0.25) is 11.8 Å². The Balaban J connectivity index is 1.67. The zero-order valence-corrected chi connectivity index (χ0v) is 14.8. The molecule has 0 saturated heterocycles. The third-order valence-electron chi connectivity index (χ3n) is 3.79. The van der Waals surface area contributed by atoms with Crippen molar-refractivity contribution in [2.24, 2.45) is 0 Å². The molecule has 2 rings (SSSR count). The molecule has 0 radical (unpaired) electrons. The Hall–Kier alpha value is -3.82. The number of nitrogens with zero attached hydrogens (tertiary/aromatic N) is 2. The molecule has 10 heteroatoms. The Kier molecular flexibility index (Phi) is 7.14. The highest BCUT2D eigenvalue weighted by atomic mass is 16.6. The topological polar surface area (TPSA) is 144 Å². The molecule has 0 aliphatic heterocycles. The molecule has 2 aromatic carbocycles. The number of non-ortho nitro benzene ring substituents is 2. The van der Waals surface area contributed by atoms with Crippen LogP contribution in [0.3, 0.4) is 0 Å². The van der Waals surface area contributed by atoms with E-state index in [1.807, 2.05) is 0 Å². The smallest absolute Gasteiger partial charge is 0.269 e. The molecule has 0 bridgehead atoms. The zero-order valence-electron chi connectivity index (χ0n) is 14.8. The number of amides is 2. The molecule has 0 aromatic heterocycles. The quantitative estimate of drug-likeness (QED) is 0.380. The third-order valence-corrected chi connectivity index (χ3v) is 3.79. The maximum atomic E-state index is 11.8. The van der Waals surface area contributed by atoms with Crippen molar-refractivity contribution in [2.45, 2.75) is 12.8 Å². The second-order valence-electron chi connectivity index (χ2n) is 5.90. The van der Waals surface area contributed by atoms with Gasteiger partial charge in [-0.25, -0.2) is 0 Å². The van der Waals surface area contributed by atoms with E-state index >= 15 is 0 Å². The number of rotatable bonds is 9. The van der Waals surface area contributed by atoms with Crippen LogP contribution >= 0.6 is 0 Å². The van der Waals surface area contributed by atoms with Crippen molar-refractivity contribution < 1.29 is 19.4 Å². The molecular weight excluding hydrogens is 368 g/mol. The molecule has 2 amide bonds. The summed E-state index contributed by atoms with van der Waals surface area (Å²) in [6, 6.07) is 11.4. The van der Waals surface area contributed by atoms with Crippen molar-refractivity contribution >= 4 is 23.2 Å². The minimum Gasteiger partial charge on any atom is -0.354 e. The monoisotopic (exact) mass is 386 g/mol. The molecule has 0 aliphatic rings. The highest BCUT2D eigenvalue weighted by Crippen LogP contribution is 2.13. The first-order chi connectivity index (χ1) is 13.3. The Morgan fingerprint density at radius 3 is 1.29 bits per heavy atom. The Morgan fingerprint density at radius 2 is 1.00 bits per heavy atom. The minimum atomic E-state index is -0.511. The van der Waals surface area contributed by atoms with Crippen LogP contribution < -0.4 is 10.6 Å². The summed E-state index contributed by atoms with van der Waals surface area (Å²) in [5.41, 5.74) is 1.20. The van der Waals surface area contributed by atoms with Crippen LogP contribution in [0.5, 0.6) is 0 Å². The highest BCUT2D eigenvalue weighted by Gasteiger charge is 2.09. The number of hydrogen-bond donors (Lipinski definition) is 2. The van der Waals surface area contributed by atoms with Gasteiger partial charge < -0.3 is 10.6 Å². The molecule has 146 valence electrons. The summed E-state index contributed by atoms with van der Waals surface area (Å²) in [6.45, 7) is 0.468. The van der Waals surface area contributed by atoms with Crippen LogP contribution in [0.2, 0.25) is 0 Å². The molecular formula is C18H18N4O6. The fourth-order valence-electron chi connectivity index (χ4n) is 2.37. The standard InChI is InChI=1S/C18H18N4O6/c23-17(11-13-1-5-15(6-2-13)21(25)26)19-9-10-20-18(24)12-14-3-7-16(8-4-14)22(27)28/h1-8H,9-12H2,(H,19,23)(H,20,24). The van der Waals surface area contributed by atoms with Crippen LogP contribution in [0.4, 0.5) is 11.4 Å². The normalized spacial score (nSPS) is 10.1. The van der Waals surface area contributed by atoms with Crippen molar-refractivity contribution in [1.82, 2.24) is 10.6 Å². The molecule has 0 aliphatic carbocycles. The number of carbonyl (C=O) groups excluding carboxylic acids is 2. The average Bonchev–Trinajstić information content (AvgIpc) is 2.66. The second-order valence-corrected chi connectivity index (χ2v) is 5.90. The summed E-state index contributed by atoms with van der Waals surface area (Å²) in [5.74, 6) is -0.531. The summed E-state index contributed by atoms with van der Waals surface area (Å²) in [7, 11) is 0. The predicted molar refractivity (Wildman–Crippen MR) is 99.6 cm³/mol. The number of hydrogen-bond acceptors (Lipinski definition) is 6. The van der Waals surface area contributed by atoms with Crippen LogP contribution in [0, 0.1) is 20.2 Å². The van der Waals surface area contributed by atoms with E-state index in [0.717, 1.165) is 0 Å². The molecule has 2 aromatic rings. The molecule has 28 heavy (non-hydrogen) atoms. The van der Waals surface area contributed by atoms with Crippen LogP contribution in [-0.2, 0) is 22.4 Å². The van der Waals surface area contributed by atoms with E-state index in [1.165, 1.54) is 48.5 Å². The van der Waals surface area contributed by atoms with Crippen LogP contribution in [-0.4, -0.2) is 34.8 Å². The summed E-state index contributed by atoms with van der Waals surface area (Å²) in [4.78, 5) is 43.8. The largest absolute Gasteiger partial charge is 0.354 e. The van der Waals surface area contributed by atoms with Gasteiger partial charge in [-0.05, 0) is 11.1 Å². The zero-order chi connectivity index (χ0) is 20.5. The summed E-state index contributed by atoms with van der Waals surface area (Å²) < 4.78 is 0. The van der Waals surface area contributed by atoms with E-state index in [0.29, 0.717) is 11.1 Å². The Morgan fingerprint density at radius 1 is 0.679 bits per heavy atom. The van der Waals surface area contributed by atoms with E-state index in [2.05, 4.69) is 10.6 Å². The van der Waals surface area contributed by atoms with Gasteiger partial charge in [0, 0.05) is 37.4 Å². The molecule has 0 saturated carbocycles. The first kappa shape index (κ1) is 20.5. The van der Waals surface area contributed by atoms with Crippen LogP contribution in [0.25, 0.3) is 0 Å². The van der Waals surface area contributed by atoms with Crippen molar-refractivity contribution in [3.8, 4) is 0 Å². The van der Waals surface area contributed by atoms with Gasteiger partial charge in [-0.3, -0.25) is 29.8 Å². The van der Waals surface area contributed by atoms with E-state index < -0.39 is 9.85 Å². The molecule has 0 spiro atoms. The predicted octanol–water partition coefficient (Wildman–Crippen LogP) is 1.52. The lowest BCUT2D eigenvalue weighted by Gasteiger charge is -2.07. The van der Waals surface area contributed by atoms with Gasteiger partial charge in [-0.1, -0.05) is 24.3 Å². The third kappa shape index (κ3) is 6.48. The van der Waals surface area contributed by atoms with E-state index in [9.17, 15) is 29.8 Å². The number of nitrogens with one attached hydrogen (secondary N) is 2. The van der Waals surface area contributed by atoms with Gasteiger partial charge in [0.1, 0.15) is 0 Å². The number of benzene rings is 2. The number of carbonyl (C=O) groups is 2. The average molecular weight is 386 g/mol. The fourth-order valence-corrected chi connectivity index (χ4v) is 2.37.